The van der Waals surface area contributed by atoms with Gasteiger partial charge in [-0.15, -0.1) is 0 Å². The number of halogens is 3. The molecule has 0 unspecified atom stereocenters. The first-order valence-corrected chi connectivity index (χ1v) is 10.3. The third-order valence-electron chi connectivity index (χ3n) is 5.75. The molecule has 0 atom stereocenters. The van der Waals surface area contributed by atoms with E-state index in [-0.39, 0.29) is 24.2 Å². The number of methoxy groups -OCH3 is 1. The van der Waals surface area contributed by atoms with E-state index in [2.05, 4.69) is 10.3 Å². The van der Waals surface area contributed by atoms with Crippen LogP contribution in [0.4, 0.5) is 13.2 Å². The predicted molar refractivity (Wildman–Crippen MR) is 112 cm³/mol. The summed E-state index contributed by atoms with van der Waals surface area (Å²) in [4.78, 5) is 16.9. The number of carbonyl (C=O) groups is 1. The molecule has 5 nitrogen and oxygen atoms in total. The zero-order valence-corrected chi connectivity index (χ0v) is 17.2. The topological polar surface area (TPSA) is 56.2 Å². The number of alkyl halides is 3. The summed E-state index contributed by atoms with van der Waals surface area (Å²) < 4.78 is 46.1. The van der Waals surface area contributed by atoms with Crippen molar-refractivity contribution in [1.29, 1.82) is 0 Å². The first kappa shape index (κ1) is 21.2. The van der Waals surface area contributed by atoms with Crippen molar-refractivity contribution in [3.05, 3.63) is 48.3 Å². The molecule has 0 saturated heterocycles. The Morgan fingerprint density at radius 1 is 1.16 bits per heavy atom. The smallest absolute Gasteiger partial charge is 0.416 e. The van der Waals surface area contributed by atoms with Crippen molar-refractivity contribution in [3.8, 4) is 16.9 Å². The van der Waals surface area contributed by atoms with Gasteiger partial charge in [-0.1, -0.05) is 31.4 Å². The number of hydrogen-bond donors (Lipinski definition) is 1. The van der Waals surface area contributed by atoms with Crippen molar-refractivity contribution in [2.24, 2.45) is 0 Å². The highest BCUT2D eigenvalue weighted by Gasteiger charge is 2.31. The van der Waals surface area contributed by atoms with Gasteiger partial charge >= 0.3 is 6.18 Å². The van der Waals surface area contributed by atoms with Crippen molar-refractivity contribution in [2.45, 2.75) is 50.9 Å². The van der Waals surface area contributed by atoms with E-state index in [0.717, 1.165) is 43.3 Å². The second-order valence-corrected chi connectivity index (χ2v) is 7.89. The molecule has 0 spiro atoms. The summed E-state index contributed by atoms with van der Waals surface area (Å²) in [5.74, 6) is 0.0685. The standard InChI is InChI=1S/C23H24F3N3O2/c1-31-21-12-16(23(24,25)26)8-9-18(21)15-7-10-19-20(11-15)29(14-27-19)13-22(30)28-17-5-3-2-4-6-17/h7-12,14,17H,2-6,13H2,1H3,(H,28,30). The van der Waals surface area contributed by atoms with E-state index in [9.17, 15) is 18.0 Å². The molecule has 0 radical (unpaired) electrons. The number of aromatic nitrogens is 2. The van der Waals surface area contributed by atoms with Gasteiger partial charge in [0, 0.05) is 11.6 Å². The maximum Gasteiger partial charge on any atom is 0.416 e. The van der Waals surface area contributed by atoms with Crippen LogP contribution < -0.4 is 10.1 Å². The molecule has 1 amide bonds. The number of ether oxygens (including phenoxy) is 1. The van der Waals surface area contributed by atoms with Gasteiger partial charge < -0.3 is 14.6 Å². The Labute approximate surface area is 178 Å². The van der Waals surface area contributed by atoms with Crippen LogP contribution in [0.1, 0.15) is 37.7 Å². The number of carbonyl (C=O) groups excluding carboxylic acids is 1. The van der Waals surface area contributed by atoms with Crippen LogP contribution in [-0.4, -0.2) is 28.6 Å². The van der Waals surface area contributed by atoms with E-state index in [0.29, 0.717) is 16.6 Å². The fourth-order valence-corrected chi connectivity index (χ4v) is 4.13. The number of hydrogen-bond acceptors (Lipinski definition) is 3. The zero-order chi connectivity index (χ0) is 22.0. The van der Waals surface area contributed by atoms with Gasteiger partial charge in [0.2, 0.25) is 5.91 Å². The number of fused-ring (bicyclic) bond motifs is 1. The monoisotopic (exact) mass is 431 g/mol. The van der Waals surface area contributed by atoms with Gasteiger partial charge in [0.05, 0.1) is 30.0 Å². The van der Waals surface area contributed by atoms with Crippen molar-refractivity contribution in [2.75, 3.05) is 7.11 Å². The van der Waals surface area contributed by atoms with Crippen LogP contribution in [0.15, 0.2) is 42.7 Å². The minimum Gasteiger partial charge on any atom is -0.496 e. The summed E-state index contributed by atoms with van der Waals surface area (Å²) in [6.45, 7) is 0.139. The molecule has 1 aromatic heterocycles. The molecular weight excluding hydrogens is 407 g/mol. The van der Waals surface area contributed by atoms with Crippen molar-refractivity contribution < 1.29 is 22.7 Å². The lowest BCUT2D eigenvalue weighted by atomic mass is 9.95. The van der Waals surface area contributed by atoms with Crippen LogP contribution in [0, 0.1) is 0 Å². The van der Waals surface area contributed by atoms with Gasteiger partial charge in [-0.3, -0.25) is 4.79 Å². The molecular formula is C23H24F3N3O2. The molecule has 0 aliphatic heterocycles. The summed E-state index contributed by atoms with van der Waals surface area (Å²) in [5, 5.41) is 3.09. The van der Waals surface area contributed by atoms with Crippen molar-refractivity contribution in [1.82, 2.24) is 14.9 Å². The number of nitrogens with zero attached hydrogens (tertiary/aromatic N) is 2. The molecule has 31 heavy (non-hydrogen) atoms. The van der Waals surface area contributed by atoms with E-state index < -0.39 is 11.7 Å². The molecule has 2 aromatic carbocycles. The number of nitrogens with one attached hydrogen (secondary N) is 1. The van der Waals surface area contributed by atoms with Gasteiger partial charge in [0.1, 0.15) is 12.3 Å². The first-order valence-electron chi connectivity index (χ1n) is 10.3. The molecule has 1 N–H and O–H groups in total. The van der Waals surface area contributed by atoms with Gasteiger partial charge in [-0.05, 0) is 42.7 Å². The Hall–Kier alpha value is -3.03. The fraction of sp³-hybridized carbons (Fsp3) is 0.391. The minimum absolute atomic E-state index is 0.0660. The largest absolute Gasteiger partial charge is 0.496 e. The molecule has 1 saturated carbocycles. The molecule has 3 aromatic rings. The predicted octanol–water partition coefficient (Wildman–Crippen LogP) is 5.18. The molecule has 1 aliphatic carbocycles. The minimum atomic E-state index is -4.44. The van der Waals surface area contributed by atoms with Crippen LogP contribution in [0.3, 0.4) is 0 Å². The first-order chi connectivity index (χ1) is 14.8. The summed E-state index contributed by atoms with van der Waals surface area (Å²) >= 11 is 0. The van der Waals surface area contributed by atoms with Crippen molar-refractivity contribution >= 4 is 16.9 Å². The SMILES string of the molecule is COc1cc(C(F)(F)F)ccc1-c1ccc2ncn(CC(=O)NC3CCCCC3)c2c1. The van der Waals surface area contributed by atoms with Gasteiger partial charge in [-0.2, -0.15) is 13.2 Å². The Morgan fingerprint density at radius 3 is 2.65 bits per heavy atom. The Morgan fingerprint density at radius 2 is 1.94 bits per heavy atom. The van der Waals surface area contributed by atoms with Crippen LogP contribution >= 0.6 is 0 Å². The van der Waals surface area contributed by atoms with Crippen LogP contribution in [0.5, 0.6) is 5.75 Å². The van der Waals surface area contributed by atoms with Crippen LogP contribution in [0.25, 0.3) is 22.2 Å². The lowest BCUT2D eigenvalue weighted by molar-refractivity contribution is -0.137. The second kappa shape index (κ2) is 8.61. The Kier molecular flexibility index (Phi) is 5.89. The lowest BCUT2D eigenvalue weighted by Crippen LogP contribution is -2.38. The average Bonchev–Trinajstić information content (AvgIpc) is 3.15. The summed E-state index contributed by atoms with van der Waals surface area (Å²) in [5.41, 5.74) is 1.90. The average molecular weight is 431 g/mol. The van der Waals surface area contributed by atoms with Crippen LogP contribution in [-0.2, 0) is 17.5 Å². The van der Waals surface area contributed by atoms with Gasteiger partial charge in [-0.25, -0.2) is 4.98 Å². The third kappa shape index (κ3) is 4.68. The maximum absolute atomic E-state index is 13.0. The number of imidazole rings is 1. The van der Waals surface area contributed by atoms with Gasteiger partial charge in [0.25, 0.3) is 0 Å². The highest BCUT2D eigenvalue weighted by atomic mass is 19.4. The zero-order valence-electron chi connectivity index (χ0n) is 17.2. The second-order valence-electron chi connectivity index (χ2n) is 7.89. The normalized spacial score (nSPS) is 15.2. The van der Waals surface area contributed by atoms with E-state index in [1.165, 1.54) is 19.6 Å². The quantitative estimate of drug-likeness (QED) is 0.606. The molecule has 8 heteroatoms. The Balaban J connectivity index is 1.60. The number of amides is 1. The summed E-state index contributed by atoms with van der Waals surface area (Å²) in [7, 11) is 1.34. The number of rotatable bonds is 5. The maximum atomic E-state index is 13.0. The molecule has 1 aliphatic rings. The number of benzene rings is 2. The van der Waals surface area contributed by atoms with E-state index in [4.69, 9.17) is 4.74 Å². The molecule has 4 rings (SSSR count). The van der Waals surface area contributed by atoms with Gasteiger partial charge in [0.15, 0.2) is 0 Å². The summed E-state index contributed by atoms with van der Waals surface area (Å²) in [6, 6.07) is 9.05. The summed E-state index contributed by atoms with van der Waals surface area (Å²) in [6.07, 6.45) is 2.67. The fourth-order valence-electron chi connectivity index (χ4n) is 4.13. The van der Waals surface area contributed by atoms with Crippen molar-refractivity contribution in [3.63, 3.8) is 0 Å². The van der Waals surface area contributed by atoms with E-state index in [1.807, 2.05) is 6.07 Å². The van der Waals surface area contributed by atoms with Crippen LogP contribution in [0.2, 0.25) is 0 Å². The Bertz CT molecular complexity index is 1090. The van der Waals surface area contributed by atoms with E-state index in [1.54, 1.807) is 23.0 Å². The van der Waals surface area contributed by atoms with E-state index >= 15 is 0 Å². The lowest BCUT2D eigenvalue weighted by Gasteiger charge is -2.22. The third-order valence-corrected chi connectivity index (χ3v) is 5.75. The highest BCUT2D eigenvalue weighted by molar-refractivity contribution is 5.85. The molecule has 164 valence electrons. The molecule has 0 bridgehead atoms. The molecule has 1 heterocycles. The highest BCUT2D eigenvalue weighted by Crippen LogP contribution is 2.37. The molecule has 1 fully saturated rings.